The van der Waals surface area contributed by atoms with Crippen LogP contribution in [0.1, 0.15) is 54.4 Å². The highest BCUT2D eigenvalue weighted by atomic mass is 16.2. The minimum absolute atomic E-state index is 0.0125. The van der Waals surface area contributed by atoms with Gasteiger partial charge in [-0.2, -0.15) is 0 Å². The van der Waals surface area contributed by atoms with Crippen LogP contribution in [0.25, 0.3) is 0 Å². The number of rotatable bonds is 3. The topological polar surface area (TPSA) is 32.7 Å². The van der Waals surface area contributed by atoms with Crippen molar-refractivity contribution < 1.29 is 4.79 Å². The summed E-state index contributed by atoms with van der Waals surface area (Å²) in [6.07, 6.45) is 5.84. The van der Waals surface area contributed by atoms with E-state index in [1.54, 1.807) is 0 Å². The van der Waals surface area contributed by atoms with Crippen molar-refractivity contribution in [3.05, 3.63) is 12.3 Å². The van der Waals surface area contributed by atoms with Crippen LogP contribution < -0.4 is 0 Å². The van der Waals surface area contributed by atoms with Crippen LogP contribution in [-0.2, 0) is 4.79 Å². The maximum atomic E-state index is 12.6. The van der Waals surface area contributed by atoms with Crippen molar-refractivity contribution in [1.82, 2.24) is 4.90 Å². The minimum Gasteiger partial charge on any atom is -0.334 e. The molecule has 0 N–H and O–H groups in total. The number of amides is 1. The van der Waals surface area contributed by atoms with Gasteiger partial charge in [-0.1, -0.05) is 33.8 Å². The van der Waals surface area contributed by atoms with Gasteiger partial charge in [-0.15, -0.1) is 0 Å². The fourth-order valence-corrected chi connectivity index (χ4v) is 2.36. The Bertz CT molecular complexity index is 377. The number of likely N-dealkylation sites (tertiary alicyclic amines) is 1. The molecule has 19 heavy (non-hydrogen) atoms. The Labute approximate surface area is 117 Å². The van der Waals surface area contributed by atoms with E-state index in [1.807, 2.05) is 37.9 Å². The Morgan fingerprint density at radius 3 is 2.58 bits per heavy atom. The molecule has 1 aliphatic heterocycles. The average molecular weight is 264 g/mol. The van der Waals surface area contributed by atoms with Crippen LogP contribution in [0, 0.1) is 11.3 Å². The van der Waals surface area contributed by atoms with E-state index in [0.717, 1.165) is 25.1 Å². The number of nitrogens with zero attached hydrogens (tertiary/aromatic N) is 2. The largest absolute Gasteiger partial charge is 0.334 e. The molecule has 1 fully saturated rings. The lowest BCUT2D eigenvalue weighted by Gasteiger charge is -2.33. The molecular formula is C16H28N2O. The fourth-order valence-electron chi connectivity index (χ4n) is 2.36. The molecule has 0 aliphatic carbocycles. The Kier molecular flexibility index (Phi) is 5.33. The summed E-state index contributed by atoms with van der Waals surface area (Å²) in [5, 5.41) is 0. The molecule has 1 aliphatic rings. The van der Waals surface area contributed by atoms with Crippen LogP contribution in [0.5, 0.6) is 0 Å². The van der Waals surface area contributed by atoms with Crippen LogP contribution in [0.2, 0.25) is 0 Å². The van der Waals surface area contributed by atoms with E-state index in [4.69, 9.17) is 0 Å². The highest BCUT2D eigenvalue weighted by Gasteiger charge is 2.36. The van der Waals surface area contributed by atoms with Crippen LogP contribution in [0.15, 0.2) is 17.3 Å². The SMILES string of the molecule is C/C=C\N=C(/C)C1CCCN1C(=O)C(C)C(C)(C)C. The molecule has 2 unspecified atom stereocenters. The normalized spacial score (nSPS) is 23.2. The maximum absolute atomic E-state index is 12.6. The van der Waals surface area contributed by atoms with E-state index in [-0.39, 0.29) is 23.3 Å². The summed E-state index contributed by atoms with van der Waals surface area (Å²) in [6, 6.07) is 0.188. The molecule has 0 aromatic carbocycles. The van der Waals surface area contributed by atoms with Crippen LogP contribution in [0.4, 0.5) is 0 Å². The van der Waals surface area contributed by atoms with E-state index >= 15 is 0 Å². The predicted molar refractivity (Wildman–Crippen MR) is 81.3 cm³/mol. The van der Waals surface area contributed by atoms with Crippen LogP contribution in [-0.4, -0.2) is 29.1 Å². The lowest BCUT2D eigenvalue weighted by Crippen LogP contribution is -2.45. The second-order valence-corrected chi connectivity index (χ2v) is 6.53. The summed E-state index contributed by atoms with van der Waals surface area (Å²) < 4.78 is 0. The average Bonchev–Trinajstić information content (AvgIpc) is 2.82. The molecule has 0 aromatic heterocycles. The molecule has 3 heteroatoms. The van der Waals surface area contributed by atoms with Gasteiger partial charge in [-0.05, 0) is 32.1 Å². The van der Waals surface area contributed by atoms with Gasteiger partial charge in [-0.3, -0.25) is 9.79 Å². The smallest absolute Gasteiger partial charge is 0.226 e. The van der Waals surface area contributed by atoms with Gasteiger partial charge in [0.05, 0.1) is 6.04 Å². The number of carbonyl (C=O) groups excluding carboxylic acids is 1. The zero-order chi connectivity index (χ0) is 14.6. The zero-order valence-corrected chi connectivity index (χ0v) is 13.2. The molecular weight excluding hydrogens is 236 g/mol. The van der Waals surface area contributed by atoms with Crippen molar-refractivity contribution in [3.63, 3.8) is 0 Å². The first kappa shape index (κ1) is 15.9. The second-order valence-electron chi connectivity index (χ2n) is 6.53. The van der Waals surface area contributed by atoms with Crippen molar-refractivity contribution in [3.8, 4) is 0 Å². The van der Waals surface area contributed by atoms with Gasteiger partial charge in [-0.25, -0.2) is 0 Å². The second kappa shape index (κ2) is 6.36. The van der Waals surface area contributed by atoms with Crippen molar-refractivity contribution in [2.45, 2.75) is 60.4 Å². The maximum Gasteiger partial charge on any atom is 0.226 e. The van der Waals surface area contributed by atoms with Gasteiger partial charge >= 0.3 is 0 Å². The monoisotopic (exact) mass is 264 g/mol. The Hall–Kier alpha value is -1.12. The number of carbonyl (C=O) groups is 1. The number of aliphatic imine (C=N–C) groups is 1. The standard InChI is InChI=1S/C16H28N2O/c1-7-10-17-13(3)14-9-8-11-18(14)15(19)12(2)16(4,5)6/h7,10,12,14H,8-9,11H2,1-6H3/b10-7-,17-13+. The Morgan fingerprint density at radius 2 is 2.05 bits per heavy atom. The number of allylic oxidation sites excluding steroid dienone is 1. The molecule has 1 amide bonds. The lowest BCUT2D eigenvalue weighted by molar-refractivity contribution is -0.138. The molecule has 0 saturated carbocycles. The van der Waals surface area contributed by atoms with Gasteiger partial charge in [0.2, 0.25) is 5.91 Å². The van der Waals surface area contributed by atoms with E-state index in [1.165, 1.54) is 0 Å². The van der Waals surface area contributed by atoms with Crippen LogP contribution in [0.3, 0.4) is 0 Å². The van der Waals surface area contributed by atoms with E-state index < -0.39 is 0 Å². The van der Waals surface area contributed by atoms with E-state index in [0.29, 0.717) is 0 Å². The van der Waals surface area contributed by atoms with Gasteiger partial charge in [0, 0.05) is 24.4 Å². The summed E-state index contributed by atoms with van der Waals surface area (Å²) >= 11 is 0. The first-order chi connectivity index (χ1) is 8.79. The summed E-state index contributed by atoms with van der Waals surface area (Å²) in [6.45, 7) is 13.3. The van der Waals surface area contributed by atoms with Crippen molar-refractivity contribution in [2.75, 3.05) is 6.54 Å². The van der Waals surface area contributed by atoms with Crippen molar-refractivity contribution in [2.24, 2.45) is 16.3 Å². The van der Waals surface area contributed by atoms with Gasteiger partial charge in [0.15, 0.2) is 0 Å². The molecule has 1 rings (SSSR count). The molecule has 3 nitrogen and oxygen atoms in total. The van der Waals surface area contributed by atoms with Crippen LogP contribution >= 0.6 is 0 Å². The molecule has 0 bridgehead atoms. The van der Waals surface area contributed by atoms with Gasteiger partial charge in [0.1, 0.15) is 0 Å². The Morgan fingerprint density at radius 1 is 1.42 bits per heavy atom. The van der Waals surface area contributed by atoms with E-state index in [2.05, 4.69) is 25.8 Å². The lowest BCUT2D eigenvalue weighted by atomic mass is 9.81. The first-order valence-electron chi connectivity index (χ1n) is 7.25. The summed E-state index contributed by atoms with van der Waals surface area (Å²) in [5.74, 6) is 0.313. The van der Waals surface area contributed by atoms with Gasteiger partial charge < -0.3 is 4.90 Å². The summed E-state index contributed by atoms with van der Waals surface area (Å²) in [5.41, 5.74) is 1.06. The minimum atomic E-state index is 0.0125. The molecule has 0 spiro atoms. The summed E-state index contributed by atoms with van der Waals surface area (Å²) in [7, 11) is 0. The quantitative estimate of drug-likeness (QED) is 0.716. The number of hydrogen-bond donors (Lipinski definition) is 0. The third kappa shape index (κ3) is 3.92. The first-order valence-corrected chi connectivity index (χ1v) is 7.25. The van der Waals surface area contributed by atoms with Crippen molar-refractivity contribution >= 4 is 11.6 Å². The highest BCUT2D eigenvalue weighted by Crippen LogP contribution is 2.30. The fraction of sp³-hybridized carbons (Fsp3) is 0.750. The molecule has 1 heterocycles. The van der Waals surface area contributed by atoms with E-state index in [9.17, 15) is 4.79 Å². The zero-order valence-electron chi connectivity index (χ0n) is 13.2. The Balaban J connectivity index is 2.85. The summed E-state index contributed by atoms with van der Waals surface area (Å²) in [4.78, 5) is 19.1. The van der Waals surface area contributed by atoms with Crippen molar-refractivity contribution in [1.29, 1.82) is 0 Å². The highest BCUT2D eigenvalue weighted by molar-refractivity contribution is 5.92. The molecule has 108 valence electrons. The molecule has 0 radical (unpaired) electrons. The molecule has 1 saturated heterocycles. The molecule has 2 atom stereocenters. The number of hydrogen-bond acceptors (Lipinski definition) is 2. The third-order valence-electron chi connectivity index (χ3n) is 4.11. The predicted octanol–water partition coefficient (Wildman–Crippen LogP) is 3.65. The molecule has 0 aromatic rings. The van der Waals surface area contributed by atoms with Gasteiger partial charge in [0.25, 0.3) is 0 Å². The third-order valence-corrected chi connectivity index (χ3v) is 4.11.